The molecule has 1 fully saturated rings. The lowest BCUT2D eigenvalue weighted by Gasteiger charge is -2.20. The molecule has 1 aliphatic rings. The third-order valence-electron chi connectivity index (χ3n) is 2.90. The fourth-order valence-corrected chi connectivity index (χ4v) is 2.03. The molecule has 0 amide bonds. The highest BCUT2D eigenvalue weighted by molar-refractivity contribution is 4.80. The van der Waals surface area contributed by atoms with Crippen LogP contribution in [-0.4, -0.2) is 6.04 Å². The lowest BCUT2D eigenvalue weighted by atomic mass is 9.93. The second-order valence-corrected chi connectivity index (χ2v) is 3.80. The van der Waals surface area contributed by atoms with Crippen molar-refractivity contribution >= 4 is 0 Å². The third kappa shape index (κ3) is 2.73. The number of hydrogen-bond acceptors (Lipinski definition) is 2. The van der Waals surface area contributed by atoms with Crippen molar-refractivity contribution in [3.63, 3.8) is 0 Å². The molecule has 2 heteroatoms. The summed E-state index contributed by atoms with van der Waals surface area (Å²) in [6, 6.07) is 0.382. The minimum atomic E-state index is 0.382. The van der Waals surface area contributed by atoms with Crippen LogP contribution in [0, 0.1) is 17.4 Å². The molecule has 1 saturated carbocycles. The Labute approximate surface area is 75.0 Å². The summed E-state index contributed by atoms with van der Waals surface area (Å²) in [6.07, 6.45) is 10.1. The normalized spacial score (nSPS) is 22.3. The van der Waals surface area contributed by atoms with E-state index in [2.05, 4.69) is 12.2 Å². The van der Waals surface area contributed by atoms with E-state index < -0.39 is 0 Å². The van der Waals surface area contributed by atoms with Crippen LogP contribution in [0.4, 0.5) is 0 Å². The fourth-order valence-electron chi connectivity index (χ4n) is 2.03. The second-order valence-electron chi connectivity index (χ2n) is 3.80. The molecule has 0 unspecified atom stereocenters. The Morgan fingerprint density at radius 3 is 2.33 bits per heavy atom. The highest BCUT2D eigenvalue weighted by Gasteiger charge is 2.17. The van der Waals surface area contributed by atoms with Crippen LogP contribution in [0.15, 0.2) is 0 Å². The Kier molecular flexibility index (Phi) is 3.93. The van der Waals surface area contributed by atoms with Gasteiger partial charge in [0.05, 0.1) is 0 Å². The lowest BCUT2D eigenvalue weighted by molar-refractivity contribution is 0.365. The van der Waals surface area contributed by atoms with E-state index in [0.717, 1.165) is 5.92 Å². The molecule has 68 valence electrons. The molecule has 1 aliphatic carbocycles. The molecular weight excluding hydrogens is 148 g/mol. The zero-order valence-electron chi connectivity index (χ0n) is 7.84. The summed E-state index contributed by atoms with van der Waals surface area (Å²) < 4.78 is 0. The monoisotopic (exact) mass is 166 g/mol. The van der Waals surface area contributed by atoms with Gasteiger partial charge in [-0.1, -0.05) is 25.7 Å². The average molecular weight is 166 g/mol. The minimum Gasteiger partial charge on any atom is -0.321 e. The molecule has 1 atom stereocenters. The van der Waals surface area contributed by atoms with Gasteiger partial charge in [-0.15, -0.1) is 0 Å². The molecule has 0 spiro atoms. The van der Waals surface area contributed by atoms with E-state index in [-0.39, 0.29) is 0 Å². The molecular formula is C10H18N2. The summed E-state index contributed by atoms with van der Waals surface area (Å²) in [5.41, 5.74) is 0. The van der Waals surface area contributed by atoms with Gasteiger partial charge in [0.15, 0.2) is 6.19 Å². The maximum atomic E-state index is 8.48. The van der Waals surface area contributed by atoms with E-state index in [1.807, 2.05) is 6.19 Å². The topological polar surface area (TPSA) is 35.8 Å². The zero-order valence-corrected chi connectivity index (χ0v) is 7.84. The molecule has 0 aromatic heterocycles. The highest BCUT2D eigenvalue weighted by atomic mass is 14.9. The van der Waals surface area contributed by atoms with Crippen molar-refractivity contribution in [1.29, 1.82) is 5.26 Å². The van der Waals surface area contributed by atoms with Crippen molar-refractivity contribution in [3.8, 4) is 6.19 Å². The Morgan fingerprint density at radius 1 is 1.25 bits per heavy atom. The van der Waals surface area contributed by atoms with Gasteiger partial charge in [-0.25, -0.2) is 0 Å². The van der Waals surface area contributed by atoms with Gasteiger partial charge in [0, 0.05) is 6.04 Å². The molecule has 2 nitrogen and oxygen atoms in total. The van der Waals surface area contributed by atoms with Crippen molar-refractivity contribution in [2.75, 3.05) is 0 Å². The first-order valence-electron chi connectivity index (χ1n) is 4.99. The van der Waals surface area contributed by atoms with E-state index in [0.29, 0.717) is 6.04 Å². The summed E-state index contributed by atoms with van der Waals surface area (Å²) in [4.78, 5) is 0. The van der Waals surface area contributed by atoms with Gasteiger partial charge in [-0.2, -0.15) is 5.26 Å². The summed E-state index contributed by atoms with van der Waals surface area (Å²) in [5.74, 6) is 0.729. The van der Waals surface area contributed by atoms with Gasteiger partial charge in [-0.3, -0.25) is 0 Å². The van der Waals surface area contributed by atoms with Crippen LogP contribution in [0.2, 0.25) is 0 Å². The predicted octanol–water partition coefficient (Wildman–Crippen LogP) is 2.42. The Balaban J connectivity index is 2.33. The molecule has 0 aliphatic heterocycles. The number of nitrogens with one attached hydrogen (secondary N) is 1. The number of hydrogen-bond donors (Lipinski definition) is 1. The molecule has 12 heavy (non-hydrogen) atoms. The quantitative estimate of drug-likeness (QED) is 0.388. The van der Waals surface area contributed by atoms with E-state index in [1.165, 1.54) is 38.5 Å². The number of nitrogens with zero attached hydrogens (tertiary/aromatic N) is 1. The van der Waals surface area contributed by atoms with E-state index in [1.54, 1.807) is 0 Å². The van der Waals surface area contributed by atoms with Crippen LogP contribution in [-0.2, 0) is 0 Å². The first kappa shape index (κ1) is 9.38. The minimum absolute atomic E-state index is 0.382. The Morgan fingerprint density at radius 2 is 1.83 bits per heavy atom. The first-order chi connectivity index (χ1) is 5.84. The summed E-state index contributed by atoms with van der Waals surface area (Å²) in [7, 11) is 0. The standard InChI is InChI=1S/C10H18N2/c1-9(12-8-11)10-6-4-2-3-5-7-10/h9-10,12H,2-7H2,1H3/t9-/m0/s1. The van der Waals surface area contributed by atoms with Gasteiger partial charge in [0.2, 0.25) is 0 Å². The molecule has 0 bridgehead atoms. The maximum absolute atomic E-state index is 8.48. The van der Waals surface area contributed by atoms with Gasteiger partial charge in [0.1, 0.15) is 0 Å². The Bertz CT molecular complexity index is 152. The number of nitriles is 1. The van der Waals surface area contributed by atoms with Crippen LogP contribution >= 0.6 is 0 Å². The lowest BCUT2D eigenvalue weighted by Crippen LogP contribution is -2.29. The van der Waals surface area contributed by atoms with Gasteiger partial charge in [-0.05, 0) is 25.7 Å². The smallest absolute Gasteiger partial charge is 0.176 e. The van der Waals surface area contributed by atoms with Crippen LogP contribution in [0.1, 0.15) is 45.4 Å². The van der Waals surface area contributed by atoms with E-state index in [4.69, 9.17) is 5.26 Å². The van der Waals surface area contributed by atoms with Crippen molar-refractivity contribution in [2.24, 2.45) is 5.92 Å². The van der Waals surface area contributed by atoms with Crippen LogP contribution in [0.3, 0.4) is 0 Å². The van der Waals surface area contributed by atoms with Crippen LogP contribution in [0.25, 0.3) is 0 Å². The average Bonchev–Trinajstić information content (AvgIpc) is 2.32. The van der Waals surface area contributed by atoms with Crippen molar-refractivity contribution in [2.45, 2.75) is 51.5 Å². The predicted molar refractivity (Wildman–Crippen MR) is 49.4 cm³/mol. The van der Waals surface area contributed by atoms with Crippen molar-refractivity contribution < 1.29 is 0 Å². The summed E-state index contributed by atoms with van der Waals surface area (Å²) in [6.45, 7) is 2.12. The SMILES string of the molecule is C[C@H](NC#N)C1CCCCCC1. The molecule has 0 saturated heterocycles. The largest absolute Gasteiger partial charge is 0.321 e. The van der Waals surface area contributed by atoms with Gasteiger partial charge >= 0.3 is 0 Å². The highest BCUT2D eigenvalue weighted by Crippen LogP contribution is 2.25. The van der Waals surface area contributed by atoms with Gasteiger partial charge in [0.25, 0.3) is 0 Å². The van der Waals surface area contributed by atoms with Crippen molar-refractivity contribution in [1.82, 2.24) is 5.32 Å². The maximum Gasteiger partial charge on any atom is 0.176 e. The summed E-state index contributed by atoms with van der Waals surface area (Å²) in [5, 5.41) is 11.3. The van der Waals surface area contributed by atoms with Crippen LogP contribution < -0.4 is 5.32 Å². The van der Waals surface area contributed by atoms with Gasteiger partial charge < -0.3 is 5.32 Å². The van der Waals surface area contributed by atoms with E-state index >= 15 is 0 Å². The molecule has 0 heterocycles. The zero-order chi connectivity index (χ0) is 8.81. The molecule has 0 radical (unpaired) electrons. The fraction of sp³-hybridized carbons (Fsp3) is 0.900. The number of rotatable bonds is 2. The molecule has 1 N–H and O–H groups in total. The molecule has 0 aromatic carbocycles. The van der Waals surface area contributed by atoms with Crippen molar-refractivity contribution in [3.05, 3.63) is 0 Å². The molecule has 1 rings (SSSR count). The first-order valence-corrected chi connectivity index (χ1v) is 4.99. The third-order valence-corrected chi connectivity index (χ3v) is 2.90. The summed E-state index contributed by atoms with van der Waals surface area (Å²) >= 11 is 0. The van der Waals surface area contributed by atoms with E-state index in [9.17, 15) is 0 Å². The molecule has 0 aromatic rings. The van der Waals surface area contributed by atoms with Crippen LogP contribution in [0.5, 0.6) is 0 Å². The Hall–Kier alpha value is -0.710. The second kappa shape index (κ2) is 5.03.